The van der Waals surface area contributed by atoms with Crippen LogP contribution in [0.2, 0.25) is 0 Å². The Balaban J connectivity index is 2.83. The zero-order chi connectivity index (χ0) is 11.2. The second-order valence-corrected chi connectivity index (χ2v) is 4.22. The topological polar surface area (TPSA) is 46.5 Å². The average molecular weight is 234 g/mol. The molecule has 0 heterocycles. The van der Waals surface area contributed by atoms with Crippen molar-refractivity contribution in [2.24, 2.45) is 0 Å². The fraction of sp³-hybridized carbons (Fsp3) is 1.00. The third-order valence-corrected chi connectivity index (χ3v) is 2.73. The van der Waals surface area contributed by atoms with Crippen LogP contribution in [-0.2, 0) is 9.09 Å². The molecule has 0 fully saturated rings. The molecule has 3 nitrogen and oxygen atoms in total. The largest absolute Gasteiger partial charge is 0.396 e. The lowest BCUT2D eigenvalue weighted by Gasteiger charge is -2.01. The molecule has 0 aliphatic rings. The van der Waals surface area contributed by atoms with Crippen molar-refractivity contribution in [2.45, 2.75) is 57.8 Å². The van der Waals surface area contributed by atoms with Gasteiger partial charge in [0, 0.05) is 6.61 Å². The normalized spacial score (nSPS) is 11.0. The number of rotatable bonds is 12. The van der Waals surface area contributed by atoms with E-state index in [1.165, 1.54) is 38.5 Å². The number of unbranched alkanes of at least 4 members (excludes halogenated alkanes) is 8. The summed E-state index contributed by atoms with van der Waals surface area (Å²) in [5.74, 6) is 0. The summed E-state index contributed by atoms with van der Waals surface area (Å²) >= 11 is 0. The van der Waals surface area contributed by atoms with Crippen molar-refractivity contribution >= 4 is 8.69 Å². The van der Waals surface area contributed by atoms with Crippen LogP contribution in [0, 0.1) is 0 Å². The molecule has 0 radical (unpaired) electrons. The van der Waals surface area contributed by atoms with E-state index in [0.717, 1.165) is 19.3 Å². The second kappa shape index (κ2) is 14.0. The zero-order valence-electron chi connectivity index (χ0n) is 9.49. The van der Waals surface area contributed by atoms with Crippen LogP contribution in [0.15, 0.2) is 0 Å². The summed E-state index contributed by atoms with van der Waals surface area (Å²) in [4.78, 5) is 0. The number of hydrogen-bond acceptors (Lipinski definition) is 3. The summed E-state index contributed by atoms with van der Waals surface area (Å²) in [5.41, 5.74) is 0. The highest BCUT2D eigenvalue weighted by Crippen LogP contribution is 2.10. The van der Waals surface area contributed by atoms with E-state index in [1.807, 2.05) is 0 Å². The van der Waals surface area contributed by atoms with Crippen LogP contribution in [0.3, 0.4) is 0 Å². The van der Waals surface area contributed by atoms with Gasteiger partial charge >= 0.3 is 8.69 Å². The van der Waals surface area contributed by atoms with Crippen LogP contribution in [0.4, 0.5) is 0 Å². The van der Waals surface area contributed by atoms with Gasteiger partial charge in [-0.25, -0.2) is 4.57 Å². The quantitative estimate of drug-likeness (QED) is 0.413. The smallest absolute Gasteiger partial charge is 0.327 e. The lowest BCUT2D eigenvalue weighted by Crippen LogP contribution is -1.86. The highest BCUT2D eigenvalue weighted by atomic mass is 31.1. The van der Waals surface area contributed by atoms with Gasteiger partial charge in [0.2, 0.25) is 0 Å². The van der Waals surface area contributed by atoms with Gasteiger partial charge in [-0.1, -0.05) is 44.9 Å². The Kier molecular flexibility index (Phi) is 14.0. The number of aliphatic hydroxyl groups excluding tert-OH is 1. The first-order chi connectivity index (χ1) is 7.41. The molecule has 0 saturated heterocycles. The van der Waals surface area contributed by atoms with Crippen LogP contribution in [0.1, 0.15) is 57.8 Å². The summed E-state index contributed by atoms with van der Waals surface area (Å²) in [6, 6.07) is 0. The first-order valence-electron chi connectivity index (χ1n) is 5.97. The minimum absolute atomic E-state index is 0.195. The number of hydrogen-bond donors (Lipinski definition) is 1. The van der Waals surface area contributed by atoms with Crippen molar-refractivity contribution in [3.05, 3.63) is 0 Å². The minimum Gasteiger partial charge on any atom is -0.396 e. The molecule has 0 aliphatic carbocycles. The third kappa shape index (κ3) is 14.0. The molecule has 0 saturated carbocycles. The minimum atomic E-state index is -0.195. The van der Waals surface area contributed by atoms with E-state index in [-0.39, 0.29) is 8.69 Å². The maximum Gasteiger partial charge on any atom is 0.327 e. The van der Waals surface area contributed by atoms with Crippen molar-refractivity contribution in [3.63, 3.8) is 0 Å². The Morgan fingerprint density at radius 2 is 1.27 bits per heavy atom. The molecule has 0 spiro atoms. The molecular weight excluding hydrogens is 211 g/mol. The van der Waals surface area contributed by atoms with Crippen LogP contribution in [0.5, 0.6) is 0 Å². The Bertz CT molecular complexity index is 131. The molecule has 0 aromatic heterocycles. The lowest BCUT2D eigenvalue weighted by atomic mass is 10.1. The van der Waals surface area contributed by atoms with Gasteiger partial charge in [-0.2, -0.15) is 0 Å². The Hall–Kier alpha value is 0.0200. The van der Waals surface area contributed by atoms with Crippen molar-refractivity contribution in [3.8, 4) is 0 Å². The molecular formula is C11H23O3P. The van der Waals surface area contributed by atoms with Crippen molar-refractivity contribution < 1.29 is 14.2 Å². The van der Waals surface area contributed by atoms with E-state index >= 15 is 0 Å². The van der Waals surface area contributed by atoms with Crippen molar-refractivity contribution in [2.75, 3.05) is 13.2 Å². The van der Waals surface area contributed by atoms with Gasteiger partial charge in [-0.15, -0.1) is 0 Å². The SMILES string of the molecule is O=POCCCCCCCCCCCO. The first kappa shape index (κ1) is 15.0. The van der Waals surface area contributed by atoms with Gasteiger partial charge in [0.1, 0.15) is 0 Å². The van der Waals surface area contributed by atoms with Crippen LogP contribution in [0.25, 0.3) is 0 Å². The standard InChI is InChI=1S/C11H23O3P/c12-10-8-6-4-2-1-3-5-7-9-11-14-15-13/h12H,1-11H2. The average Bonchev–Trinajstić information content (AvgIpc) is 2.26. The first-order valence-corrected chi connectivity index (χ1v) is 6.70. The van der Waals surface area contributed by atoms with E-state index in [2.05, 4.69) is 0 Å². The molecule has 0 aliphatic heterocycles. The summed E-state index contributed by atoms with van der Waals surface area (Å²) in [5, 5.41) is 8.58. The molecule has 15 heavy (non-hydrogen) atoms. The number of aliphatic hydroxyl groups is 1. The van der Waals surface area contributed by atoms with E-state index in [9.17, 15) is 4.57 Å². The van der Waals surface area contributed by atoms with E-state index < -0.39 is 0 Å². The van der Waals surface area contributed by atoms with Crippen molar-refractivity contribution in [1.82, 2.24) is 0 Å². The van der Waals surface area contributed by atoms with Crippen LogP contribution >= 0.6 is 8.69 Å². The molecule has 0 aromatic rings. The molecule has 1 N–H and O–H groups in total. The van der Waals surface area contributed by atoms with E-state index in [1.54, 1.807) is 0 Å². The Labute approximate surface area is 94.5 Å². The van der Waals surface area contributed by atoms with Gasteiger partial charge < -0.3 is 5.11 Å². The van der Waals surface area contributed by atoms with Crippen LogP contribution < -0.4 is 0 Å². The van der Waals surface area contributed by atoms with Gasteiger partial charge in [0.15, 0.2) is 0 Å². The lowest BCUT2D eigenvalue weighted by molar-refractivity contribution is 0.282. The van der Waals surface area contributed by atoms with Crippen LogP contribution in [-0.4, -0.2) is 18.3 Å². The van der Waals surface area contributed by atoms with Gasteiger partial charge in [-0.05, 0) is 12.8 Å². The summed E-state index contributed by atoms with van der Waals surface area (Å²) in [6.07, 6.45) is 10.7. The summed E-state index contributed by atoms with van der Waals surface area (Å²) < 4.78 is 14.6. The highest BCUT2D eigenvalue weighted by Gasteiger charge is 1.92. The fourth-order valence-corrected chi connectivity index (χ4v) is 1.76. The second-order valence-electron chi connectivity index (χ2n) is 3.81. The van der Waals surface area contributed by atoms with Gasteiger partial charge in [0.05, 0.1) is 6.61 Å². The van der Waals surface area contributed by atoms with E-state index in [0.29, 0.717) is 13.2 Å². The van der Waals surface area contributed by atoms with Crippen molar-refractivity contribution in [1.29, 1.82) is 0 Å². The van der Waals surface area contributed by atoms with Gasteiger partial charge in [0.25, 0.3) is 0 Å². The van der Waals surface area contributed by atoms with Gasteiger partial charge in [-0.3, -0.25) is 4.52 Å². The molecule has 0 atom stereocenters. The van der Waals surface area contributed by atoms with E-state index in [4.69, 9.17) is 9.63 Å². The highest BCUT2D eigenvalue weighted by molar-refractivity contribution is 7.17. The summed E-state index contributed by atoms with van der Waals surface area (Å²) in [6.45, 7) is 0.945. The molecule has 0 bridgehead atoms. The predicted octanol–water partition coefficient (Wildman–Crippen LogP) is 3.71. The molecule has 0 amide bonds. The maximum atomic E-state index is 9.92. The Morgan fingerprint density at radius 1 is 0.800 bits per heavy atom. The molecule has 0 rings (SSSR count). The molecule has 0 unspecified atom stereocenters. The summed E-state index contributed by atoms with van der Waals surface area (Å²) in [7, 11) is -0.195. The molecule has 4 heteroatoms. The Morgan fingerprint density at radius 3 is 1.73 bits per heavy atom. The maximum absolute atomic E-state index is 9.92. The molecule has 90 valence electrons. The zero-order valence-corrected chi connectivity index (χ0v) is 10.4. The molecule has 0 aromatic carbocycles. The predicted molar refractivity (Wildman–Crippen MR) is 62.2 cm³/mol. The fourth-order valence-electron chi connectivity index (χ4n) is 1.55. The monoisotopic (exact) mass is 234 g/mol. The third-order valence-electron chi connectivity index (χ3n) is 2.45.